The molecule has 0 bridgehead atoms. The van der Waals surface area contributed by atoms with Crippen LogP contribution in [0.2, 0.25) is 0 Å². The smallest absolute Gasteiger partial charge is 0.326 e. The van der Waals surface area contributed by atoms with Crippen molar-refractivity contribution in [2.75, 3.05) is 19.8 Å². The number of carboxylic acid groups (broad SMARTS) is 1. The standard InChI is InChI=1S/C12H22N2O5/c15-7-2-6-14(9-3-1-4-9)12(19)13-10(5-8-16)11(17)18/h9-10,15-16H,1-8H2,(H,13,19)(H,17,18)/t10-/m1/s1. The molecule has 1 saturated carbocycles. The lowest BCUT2D eigenvalue weighted by Crippen LogP contribution is -2.53. The number of amides is 2. The molecule has 0 aromatic carbocycles. The predicted molar refractivity (Wildman–Crippen MR) is 67.7 cm³/mol. The van der Waals surface area contributed by atoms with E-state index in [0.29, 0.717) is 13.0 Å². The monoisotopic (exact) mass is 274 g/mol. The first-order chi connectivity index (χ1) is 9.10. The molecule has 110 valence electrons. The molecule has 1 atom stereocenters. The van der Waals surface area contributed by atoms with E-state index in [1.807, 2.05) is 0 Å². The molecule has 2 amide bonds. The van der Waals surface area contributed by atoms with Gasteiger partial charge in [-0.2, -0.15) is 0 Å². The number of urea groups is 1. The normalized spacial score (nSPS) is 16.5. The molecule has 7 nitrogen and oxygen atoms in total. The van der Waals surface area contributed by atoms with Gasteiger partial charge in [-0.3, -0.25) is 0 Å². The Morgan fingerprint density at radius 3 is 2.37 bits per heavy atom. The number of nitrogens with one attached hydrogen (secondary N) is 1. The molecule has 1 aliphatic rings. The van der Waals surface area contributed by atoms with Gasteiger partial charge in [-0.25, -0.2) is 9.59 Å². The van der Waals surface area contributed by atoms with Crippen LogP contribution in [0, 0.1) is 0 Å². The van der Waals surface area contributed by atoms with Crippen molar-refractivity contribution in [3.8, 4) is 0 Å². The summed E-state index contributed by atoms with van der Waals surface area (Å²) in [6.07, 6.45) is 3.35. The molecule has 7 heteroatoms. The van der Waals surface area contributed by atoms with Gasteiger partial charge in [0.2, 0.25) is 0 Å². The van der Waals surface area contributed by atoms with E-state index in [2.05, 4.69) is 5.32 Å². The molecule has 0 heterocycles. The van der Waals surface area contributed by atoms with Crippen molar-refractivity contribution in [3.63, 3.8) is 0 Å². The summed E-state index contributed by atoms with van der Waals surface area (Å²) in [5, 5.41) is 29.0. The highest BCUT2D eigenvalue weighted by Crippen LogP contribution is 2.25. The molecule has 1 fully saturated rings. The van der Waals surface area contributed by atoms with E-state index in [9.17, 15) is 9.59 Å². The van der Waals surface area contributed by atoms with E-state index in [4.69, 9.17) is 15.3 Å². The fraction of sp³-hybridized carbons (Fsp3) is 0.833. The molecule has 0 aromatic heterocycles. The van der Waals surface area contributed by atoms with Crippen molar-refractivity contribution in [2.24, 2.45) is 0 Å². The van der Waals surface area contributed by atoms with Gasteiger partial charge in [-0.1, -0.05) is 0 Å². The molecule has 0 saturated heterocycles. The molecule has 0 aromatic rings. The molecule has 1 rings (SSSR count). The van der Waals surface area contributed by atoms with Gasteiger partial charge in [0.1, 0.15) is 6.04 Å². The number of aliphatic carboxylic acids is 1. The van der Waals surface area contributed by atoms with E-state index in [1.54, 1.807) is 4.90 Å². The first kappa shape index (κ1) is 15.7. The van der Waals surface area contributed by atoms with Gasteiger partial charge in [-0.15, -0.1) is 0 Å². The highest BCUT2D eigenvalue weighted by molar-refractivity contribution is 5.82. The highest BCUT2D eigenvalue weighted by atomic mass is 16.4. The van der Waals surface area contributed by atoms with E-state index in [0.717, 1.165) is 19.3 Å². The largest absolute Gasteiger partial charge is 0.480 e. The average Bonchev–Trinajstić information content (AvgIpc) is 2.31. The average molecular weight is 274 g/mol. The zero-order valence-electron chi connectivity index (χ0n) is 10.9. The Balaban J connectivity index is 2.56. The zero-order valence-corrected chi connectivity index (χ0v) is 10.9. The van der Waals surface area contributed by atoms with E-state index in [-0.39, 0.29) is 25.7 Å². The maximum Gasteiger partial charge on any atom is 0.326 e. The lowest BCUT2D eigenvalue weighted by molar-refractivity contribution is -0.139. The van der Waals surface area contributed by atoms with Gasteiger partial charge in [0.15, 0.2) is 0 Å². The zero-order chi connectivity index (χ0) is 14.3. The Morgan fingerprint density at radius 1 is 1.26 bits per heavy atom. The van der Waals surface area contributed by atoms with Gasteiger partial charge in [0, 0.05) is 32.2 Å². The summed E-state index contributed by atoms with van der Waals surface area (Å²) in [6, 6.07) is -1.37. The first-order valence-corrected chi connectivity index (χ1v) is 6.61. The van der Waals surface area contributed by atoms with Gasteiger partial charge >= 0.3 is 12.0 Å². The summed E-state index contributed by atoms with van der Waals surface area (Å²) in [7, 11) is 0. The van der Waals surface area contributed by atoms with E-state index < -0.39 is 18.0 Å². The molecule has 19 heavy (non-hydrogen) atoms. The molecule has 4 N–H and O–H groups in total. The lowest BCUT2D eigenvalue weighted by atomic mass is 9.91. The van der Waals surface area contributed by atoms with E-state index in [1.165, 1.54) is 0 Å². The van der Waals surface area contributed by atoms with Crippen molar-refractivity contribution in [1.82, 2.24) is 10.2 Å². The second-order valence-corrected chi connectivity index (χ2v) is 4.71. The number of carbonyl (C=O) groups excluding carboxylic acids is 1. The van der Waals surface area contributed by atoms with E-state index >= 15 is 0 Å². The number of hydrogen-bond acceptors (Lipinski definition) is 4. The van der Waals surface area contributed by atoms with Crippen LogP contribution < -0.4 is 5.32 Å². The van der Waals surface area contributed by atoms with Gasteiger partial charge < -0.3 is 25.5 Å². The number of hydrogen-bond donors (Lipinski definition) is 4. The topological polar surface area (TPSA) is 110 Å². The van der Waals surface area contributed by atoms with Crippen LogP contribution in [0.15, 0.2) is 0 Å². The molecule has 0 radical (unpaired) electrons. The number of carbonyl (C=O) groups is 2. The maximum atomic E-state index is 12.1. The van der Waals surface area contributed by atoms with Gasteiger partial charge in [0.25, 0.3) is 0 Å². The highest BCUT2D eigenvalue weighted by Gasteiger charge is 2.30. The minimum absolute atomic E-state index is 0.00447. The van der Waals surface area contributed by atoms with Crippen LogP contribution in [0.4, 0.5) is 4.79 Å². The third-order valence-corrected chi connectivity index (χ3v) is 3.35. The SMILES string of the molecule is O=C(O)[C@@H](CCO)NC(=O)N(CCCO)C1CCC1. The van der Waals surface area contributed by atoms with Crippen LogP contribution in [0.3, 0.4) is 0 Å². The number of nitrogens with zero attached hydrogens (tertiary/aromatic N) is 1. The number of aliphatic hydroxyl groups excluding tert-OH is 2. The van der Waals surface area contributed by atoms with Crippen LogP contribution in [0.1, 0.15) is 32.1 Å². The first-order valence-electron chi connectivity index (χ1n) is 6.61. The van der Waals surface area contributed by atoms with Crippen LogP contribution in [-0.4, -0.2) is 64.1 Å². The summed E-state index contributed by atoms with van der Waals surface area (Å²) in [4.78, 5) is 24.6. The van der Waals surface area contributed by atoms with Crippen molar-refractivity contribution < 1.29 is 24.9 Å². The Kier molecular flexibility index (Phi) is 6.58. The Bertz CT molecular complexity index is 306. The van der Waals surface area contributed by atoms with Gasteiger partial charge in [0.05, 0.1) is 0 Å². The summed E-state index contributed by atoms with van der Waals surface area (Å²) >= 11 is 0. The van der Waals surface area contributed by atoms with Crippen LogP contribution in [-0.2, 0) is 4.79 Å². The molecule has 0 unspecified atom stereocenters. The Labute approximate surface area is 112 Å². The van der Waals surface area contributed by atoms with Crippen molar-refractivity contribution in [2.45, 2.75) is 44.2 Å². The molecular formula is C12H22N2O5. The second-order valence-electron chi connectivity index (χ2n) is 4.71. The number of rotatable bonds is 8. The van der Waals surface area contributed by atoms with Crippen LogP contribution in [0.5, 0.6) is 0 Å². The summed E-state index contributed by atoms with van der Waals surface area (Å²) < 4.78 is 0. The second kappa shape index (κ2) is 7.96. The van der Waals surface area contributed by atoms with Gasteiger partial charge in [-0.05, 0) is 25.7 Å². The Morgan fingerprint density at radius 2 is 1.95 bits per heavy atom. The minimum Gasteiger partial charge on any atom is -0.480 e. The third-order valence-electron chi connectivity index (χ3n) is 3.35. The third kappa shape index (κ3) is 4.68. The fourth-order valence-electron chi connectivity index (χ4n) is 2.01. The summed E-state index contributed by atoms with van der Waals surface area (Å²) in [5.74, 6) is -1.15. The predicted octanol–water partition coefficient (Wildman–Crippen LogP) is -0.231. The fourth-order valence-corrected chi connectivity index (χ4v) is 2.01. The van der Waals surface area contributed by atoms with Crippen molar-refractivity contribution >= 4 is 12.0 Å². The van der Waals surface area contributed by atoms with Crippen LogP contribution >= 0.6 is 0 Å². The molecule has 0 aliphatic heterocycles. The quantitative estimate of drug-likeness (QED) is 0.488. The summed E-state index contributed by atoms with van der Waals surface area (Å²) in [6.45, 7) is 0.116. The lowest BCUT2D eigenvalue weighted by Gasteiger charge is -2.38. The van der Waals surface area contributed by atoms with Crippen molar-refractivity contribution in [1.29, 1.82) is 0 Å². The Hall–Kier alpha value is -1.34. The summed E-state index contributed by atoms with van der Waals surface area (Å²) in [5.41, 5.74) is 0. The van der Waals surface area contributed by atoms with Crippen LogP contribution in [0.25, 0.3) is 0 Å². The van der Waals surface area contributed by atoms with Crippen molar-refractivity contribution in [3.05, 3.63) is 0 Å². The maximum absolute atomic E-state index is 12.1. The molecular weight excluding hydrogens is 252 g/mol. The number of carboxylic acids is 1. The molecule has 1 aliphatic carbocycles. The molecule has 0 spiro atoms. The minimum atomic E-state index is -1.15. The number of aliphatic hydroxyl groups is 2.